The molecule has 0 aliphatic heterocycles. The number of pyridine rings is 1. The number of aliphatic hydroxyl groups is 3. The Morgan fingerprint density at radius 1 is 1.21 bits per heavy atom. The molecule has 2 rings (SSSR count). The normalized spacial score (nSPS) is 14.3. The molecule has 1 aromatic heterocycles. The van der Waals surface area contributed by atoms with Crippen molar-refractivity contribution in [2.45, 2.75) is 18.6 Å². The molecular formula is C14H17NO4. The van der Waals surface area contributed by atoms with E-state index in [1.54, 1.807) is 31.4 Å². The first-order valence-electron chi connectivity index (χ1n) is 6.07. The summed E-state index contributed by atoms with van der Waals surface area (Å²) >= 11 is 0. The van der Waals surface area contributed by atoms with Gasteiger partial charge in [-0.25, -0.2) is 4.98 Å². The van der Waals surface area contributed by atoms with Crippen LogP contribution < -0.4 is 4.74 Å². The maximum absolute atomic E-state index is 9.97. The summed E-state index contributed by atoms with van der Waals surface area (Å²) in [5, 5.41) is 29.3. The lowest BCUT2D eigenvalue weighted by molar-refractivity contribution is 0.00428. The van der Waals surface area contributed by atoms with Crippen molar-refractivity contribution in [3.63, 3.8) is 0 Å². The number of fused-ring (bicyclic) bond motifs is 1. The van der Waals surface area contributed by atoms with Crippen molar-refractivity contribution in [3.05, 3.63) is 35.9 Å². The van der Waals surface area contributed by atoms with Gasteiger partial charge in [-0.2, -0.15) is 0 Å². The summed E-state index contributed by atoms with van der Waals surface area (Å²) in [6, 6.07) is 8.83. The number of methoxy groups -OCH3 is 1. The van der Waals surface area contributed by atoms with E-state index in [0.717, 1.165) is 10.9 Å². The summed E-state index contributed by atoms with van der Waals surface area (Å²) < 4.78 is 5.04. The first-order valence-corrected chi connectivity index (χ1v) is 6.07. The Kier molecular flexibility index (Phi) is 4.31. The Balaban J connectivity index is 2.31. The van der Waals surface area contributed by atoms with E-state index in [4.69, 9.17) is 9.84 Å². The van der Waals surface area contributed by atoms with E-state index in [2.05, 4.69) is 4.98 Å². The number of rotatable bonds is 5. The van der Waals surface area contributed by atoms with Gasteiger partial charge in [0.1, 0.15) is 6.10 Å². The fraction of sp³-hybridized carbons (Fsp3) is 0.357. The van der Waals surface area contributed by atoms with Gasteiger partial charge in [-0.15, -0.1) is 0 Å². The second-order valence-corrected chi connectivity index (χ2v) is 4.33. The lowest BCUT2D eigenvalue weighted by atomic mass is 10.0. The van der Waals surface area contributed by atoms with Crippen molar-refractivity contribution in [2.24, 2.45) is 0 Å². The maximum atomic E-state index is 9.97. The highest BCUT2D eigenvalue weighted by atomic mass is 16.5. The molecular weight excluding hydrogens is 246 g/mol. The summed E-state index contributed by atoms with van der Waals surface area (Å²) in [4.78, 5) is 4.27. The van der Waals surface area contributed by atoms with Crippen LogP contribution in [0.3, 0.4) is 0 Å². The highest BCUT2D eigenvalue weighted by Crippen LogP contribution is 2.24. The first kappa shape index (κ1) is 13.7. The quantitative estimate of drug-likeness (QED) is 0.750. The summed E-state index contributed by atoms with van der Waals surface area (Å²) in [7, 11) is 1.55. The van der Waals surface area contributed by atoms with Crippen LogP contribution >= 0.6 is 0 Å². The minimum absolute atomic E-state index is 0.139. The second-order valence-electron chi connectivity index (χ2n) is 4.33. The van der Waals surface area contributed by atoms with E-state index in [-0.39, 0.29) is 13.0 Å². The van der Waals surface area contributed by atoms with Crippen LogP contribution in [0.5, 0.6) is 5.88 Å². The third-order valence-electron chi connectivity index (χ3n) is 3.03. The molecule has 0 bridgehead atoms. The molecule has 0 saturated heterocycles. The molecule has 0 spiro atoms. The number of hydrogen-bond donors (Lipinski definition) is 3. The molecule has 0 fully saturated rings. The fourth-order valence-electron chi connectivity index (χ4n) is 1.94. The number of hydrogen-bond acceptors (Lipinski definition) is 5. The summed E-state index contributed by atoms with van der Waals surface area (Å²) in [5.74, 6) is 0.529. The Hall–Kier alpha value is -1.69. The molecule has 0 aliphatic rings. The van der Waals surface area contributed by atoms with Crippen LogP contribution in [0.25, 0.3) is 10.9 Å². The van der Waals surface area contributed by atoms with Crippen LogP contribution in [-0.2, 0) is 0 Å². The van der Waals surface area contributed by atoms with Crippen LogP contribution in [0, 0.1) is 0 Å². The smallest absolute Gasteiger partial charge is 0.213 e. The van der Waals surface area contributed by atoms with E-state index in [1.165, 1.54) is 0 Å². The van der Waals surface area contributed by atoms with Gasteiger partial charge in [0.15, 0.2) is 0 Å². The third-order valence-corrected chi connectivity index (χ3v) is 3.03. The lowest BCUT2D eigenvalue weighted by Crippen LogP contribution is -2.19. The van der Waals surface area contributed by atoms with Crippen LogP contribution in [0.1, 0.15) is 18.1 Å². The number of nitrogens with zero attached hydrogens (tertiary/aromatic N) is 1. The molecule has 102 valence electrons. The number of ether oxygens (including phenoxy) is 1. The van der Waals surface area contributed by atoms with Gasteiger partial charge in [0.2, 0.25) is 5.88 Å². The van der Waals surface area contributed by atoms with E-state index >= 15 is 0 Å². The minimum atomic E-state index is -1.02. The lowest BCUT2D eigenvalue weighted by Gasteiger charge is -2.17. The summed E-state index contributed by atoms with van der Waals surface area (Å²) in [6.07, 6.45) is -1.85. The van der Waals surface area contributed by atoms with Gasteiger partial charge in [-0.05, 0) is 30.2 Å². The monoisotopic (exact) mass is 263 g/mol. The molecule has 0 aliphatic carbocycles. The van der Waals surface area contributed by atoms with Crippen molar-refractivity contribution in [1.29, 1.82) is 0 Å². The predicted molar refractivity (Wildman–Crippen MR) is 71.0 cm³/mol. The zero-order chi connectivity index (χ0) is 13.8. The topological polar surface area (TPSA) is 82.8 Å². The third kappa shape index (κ3) is 3.01. The molecule has 2 atom stereocenters. The summed E-state index contributed by atoms with van der Waals surface area (Å²) in [5.41, 5.74) is 1.35. The van der Waals surface area contributed by atoms with Gasteiger partial charge in [-0.1, -0.05) is 6.07 Å². The molecule has 5 nitrogen and oxygen atoms in total. The Morgan fingerprint density at radius 2 is 2.00 bits per heavy atom. The molecule has 0 saturated carbocycles. The molecule has 5 heteroatoms. The van der Waals surface area contributed by atoms with Crippen molar-refractivity contribution in [2.75, 3.05) is 13.7 Å². The van der Waals surface area contributed by atoms with Crippen molar-refractivity contribution in [3.8, 4) is 5.88 Å². The molecule has 19 heavy (non-hydrogen) atoms. The van der Waals surface area contributed by atoms with Gasteiger partial charge < -0.3 is 20.1 Å². The fourth-order valence-corrected chi connectivity index (χ4v) is 1.94. The number of aromatic nitrogens is 1. The Morgan fingerprint density at radius 3 is 2.68 bits per heavy atom. The van der Waals surface area contributed by atoms with Crippen LogP contribution in [0.15, 0.2) is 30.3 Å². The van der Waals surface area contributed by atoms with Gasteiger partial charge >= 0.3 is 0 Å². The van der Waals surface area contributed by atoms with Crippen LogP contribution in [0.4, 0.5) is 0 Å². The van der Waals surface area contributed by atoms with Gasteiger partial charge in [0.05, 0.1) is 18.7 Å². The Bertz CT molecular complexity index is 558. The maximum Gasteiger partial charge on any atom is 0.213 e. The average molecular weight is 263 g/mol. The van der Waals surface area contributed by atoms with Crippen molar-refractivity contribution < 1.29 is 20.1 Å². The zero-order valence-corrected chi connectivity index (χ0v) is 10.7. The van der Waals surface area contributed by atoms with Crippen molar-refractivity contribution in [1.82, 2.24) is 4.98 Å². The first-order chi connectivity index (χ1) is 9.15. The second kappa shape index (κ2) is 5.97. The molecule has 2 aromatic rings. The Labute approximate surface area is 111 Å². The van der Waals surface area contributed by atoms with Crippen LogP contribution in [0.2, 0.25) is 0 Å². The van der Waals surface area contributed by atoms with Crippen molar-refractivity contribution >= 4 is 10.9 Å². The number of benzene rings is 1. The van der Waals surface area contributed by atoms with Crippen LogP contribution in [-0.4, -0.2) is 40.1 Å². The zero-order valence-electron chi connectivity index (χ0n) is 10.7. The van der Waals surface area contributed by atoms with E-state index < -0.39 is 12.2 Å². The van der Waals surface area contributed by atoms with Gasteiger partial charge in [0, 0.05) is 18.1 Å². The van der Waals surface area contributed by atoms with Gasteiger partial charge in [-0.3, -0.25) is 0 Å². The van der Waals surface area contributed by atoms with Gasteiger partial charge in [0.25, 0.3) is 0 Å². The highest BCUT2D eigenvalue weighted by Gasteiger charge is 2.18. The SMILES string of the molecule is COc1ccc2cc(C(O)C(O)CCO)ccc2n1. The molecule has 3 N–H and O–H groups in total. The molecule has 2 unspecified atom stereocenters. The molecule has 1 aromatic carbocycles. The molecule has 0 radical (unpaired) electrons. The summed E-state index contributed by atoms with van der Waals surface area (Å²) in [6.45, 7) is -0.162. The highest BCUT2D eigenvalue weighted by molar-refractivity contribution is 5.79. The van der Waals surface area contributed by atoms with E-state index in [1.807, 2.05) is 6.07 Å². The average Bonchev–Trinajstić information content (AvgIpc) is 2.45. The number of aliphatic hydroxyl groups excluding tert-OH is 3. The molecule has 0 amide bonds. The van der Waals surface area contributed by atoms with E-state index in [9.17, 15) is 10.2 Å². The minimum Gasteiger partial charge on any atom is -0.481 e. The van der Waals surface area contributed by atoms with E-state index in [0.29, 0.717) is 11.4 Å². The predicted octanol–water partition coefficient (Wildman–Crippen LogP) is 1.02. The largest absolute Gasteiger partial charge is 0.481 e. The standard InChI is InChI=1S/C14H17NO4/c1-19-13-5-3-9-8-10(2-4-11(9)15-13)14(18)12(17)6-7-16/h2-5,8,12,14,16-18H,6-7H2,1H3. The molecule has 1 heterocycles.